The maximum Gasteiger partial charge on any atom is 0.330 e. The zero-order valence-electron chi connectivity index (χ0n) is 11.9. The first kappa shape index (κ1) is 14.3. The molecule has 0 bridgehead atoms. The van der Waals surface area contributed by atoms with E-state index in [-0.39, 0.29) is 22.9 Å². The summed E-state index contributed by atoms with van der Waals surface area (Å²) in [4.78, 5) is 11.4. The molecule has 0 aromatic heterocycles. The second-order valence-corrected chi connectivity index (χ2v) is 6.16. The van der Waals surface area contributed by atoms with Gasteiger partial charge in [-0.2, -0.15) is 0 Å². The van der Waals surface area contributed by atoms with E-state index in [2.05, 4.69) is 41.2 Å². The van der Waals surface area contributed by atoms with Crippen molar-refractivity contribution in [2.24, 2.45) is 16.7 Å². The van der Waals surface area contributed by atoms with E-state index in [9.17, 15) is 4.79 Å². The van der Waals surface area contributed by atoms with Crippen molar-refractivity contribution < 1.29 is 9.53 Å². The largest absolute Gasteiger partial charge is 0.459 e. The monoisotopic (exact) mass is 238 g/mol. The van der Waals surface area contributed by atoms with Gasteiger partial charge in [-0.1, -0.05) is 47.6 Å². The summed E-state index contributed by atoms with van der Waals surface area (Å²) in [5, 5.41) is 0. The average Bonchev–Trinajstić information content (AvgIpc) is 2.41. The molecule has 0 heterocycles. The van der Waals surface area contributed by atoms with Crippen LogP contribution in [0.3, 0.4) is 0 Å². The predicted molar refractivity (Wildman–Crippen MR) is 70.7 cm³/mol. The Morgan fingerprint density at radius 1 is 1.47 bits per heavy atom. The van der Waals surface area contributed by atoms with Crippen molar-refractivity contribution in [1.82, 2.24) is 0 Å². The summed E-state index contributed by atoms with van der Waals surface area (Å²) < 4.78 is 5.58. The van der Waals surface area contributed by atoms with Gasteiger partial charge >= 0.3 is 5.97 Å². The molecule has 1 fully saturated rings. The van der Waals surface area contributed by atoms with E-state index in [1.807, 2.05) is 0 Å². The molecule has 1 rings (SSSR count). The van der Waals surface area contributed by atoms with Crippen molar-refractivity contribution in [3.8, 4) is 0 Å². The quantitative estimate of drug-likeness (QED) is 0.547. The van der Waals surface area contributed by atoms with Gasteiger partial charge in [0.05, 0.1) is 0 Å². The van der Waals surface area contributed by atoms with Crippen LogP contribution in [0.1, 0.15) is 53.9 Å². The number of carbonyl (C=O) groups excluding carboxylic acids is 1. The summed E-state index contributed by atoms with van der Waals surface area (Å²) in [6.07, 6.45) is 4.47. The van der Waals surface area contributed by atoms with E-state index < -0.39 is 0 Å². The number of esters is 1. The minimum atomic E-state index is -0.290. The van der Waals surface area contributed by atoms with Crippen molar-refractivity contribution in [2.75, 3.05) is 0 Å². The molecular weight excluding hydrogens is 212 g/mol. The molecule has 0 spiro atoms. The van der Waals surface area contributed by atoms with Crippen LogP contribution in [0.5, 0.6) is 0 Å². The lowest BCUT2D eigenvalue weighted by molar-refractivity contribution is -0.150. The van der Waals surface area contributed by atoms with Gasteiger partial charge in [-0.05, 0) is 24.2 Å². The molecule has 0 aliphatic heterocycles. The molecular formula is C15H26O2. The van der Waals surface area contributed by atoms with E-state index in [1.54, 1.807) is 0 Å². The molecule has 0 amide bonds. The van der Waals surface area contributed by atoms with E-state index >= 15 is 0 Å². The minimum Gasteiger partial charge on any atom is -0.459 e. The molecule has 3 atom stereocenters. The smallest absolute Gasteiger partial charge is 0.330 e. The first-order valence-electron chi connectivity index (χ1n) is 6.62. The number of rotatable bonds is 4. The van der Waals surface area contributed by atoms with Crippen LogP contribution >= 0.6 is 0 Å². The molecule has 2 heteroatoms. The van der Waals surface area contributed by atoms with Gasteiger partial charge in [0.15, 0.2) is 0 Å². The van der Waals surface area contributed by atoms with Crippen LogP contribution in [0.4, 0.5) is 0 Å². The summed E-state index contributed by atoms with van der Waals surface area (Å²) in [5.41, 5.74) is 0.273. The Kier molecular flexibility index (Phi) is 4.06. The summed E-state index contributed by atoms with van der Waals surface area (Å²) in [6.45, 7) is 14.8. The van der Waals surface area contributed by atoms with Crippen LogP contribution in [0, 0.1) is 16.7 Å². The van der Waals surface area contributed by atoms with Crippen LogP contribution < -0.4 is 0 Å². The highest BCUT2D eigenvalue weighted by molar-refractivity contribution is 5.81. The van der Waals surface area contributed by atoms with E-state index in [4.69, 9.17) is 4.74 Å². The minimum absolute atomic E-state index is 0.0259. The van der Waals surface area contributed by atoms with Gasteiger partial charge in [0.1, 0.15) is 6.10 Å². The van der Waals surface area contributed by atoms with Gasteiger partial charge in [-0.3, -0.25) is 0 Å². The number of hydrogen-bond donors (Lipinski definition) is 0. The summed E-state index contributed by atoms with van der Waals surface area (Å²) in [7, 11) is 0. The Hall–Kier alpha value is -0.790. The van der Waals surface area contributed by atoms with Crippen LogP contribution in [0.15, 0.2) is 12.7 Å². The molecule has 98 valence electrons. The zero-order valence-corrected chi connectivity index (χ0v) is 11.9. The number of ether oxygens (including phenoxy) is 1. The molecule has 3 unspecified atom stereocenters. The lowest BCUT2D eigenvalue weighted by atomic mass is 9.63. The molecule has 0 radical (unpaired) electrons. The third-order valence-electron chi connectivity index (χ3n) is 5.18. The Morgan fingerprint density at radius 3 is 2.53 bits per heavy atom. The second kappa shape index (κ2) is 4.83. The van der Waals surface area contributed by atoms with Crippen molar-refractivity contribution in [3.05, 3.63) is 12.7 Å². The maximum atomic E-state index is 11.4. The van der Waals surface area contributed by atoms with Crippen LogP contribution in [-0.4, -0.2) is 12.1 Å². The van der Waals surface area contributed by atoms with Gasteiger partial charge in [0.25, 0.3) is 0 Å². The fraction of sp³-hybridized carbons (Fsp3) is 0.800. The van der Waals surface area contributed by atoms with Crippen LogP contribution in [0.25, 0.3) is 0 Å². The Labute approximate surface area is 105 Å². The molecule has 1 aliphatic rings. The fourth-order valence-corrected chi connectivity index (χ4v) is 3.22. The Morgan fingerprint density at radius 2 is 2.06 bits per heavy atom. The zero-order chi connectivity index (χ0) is 13.3. The number of carbonyl (C=O) groups is 1. The molecule has 0 saturated heterocycles. The Balaban J connectivity index is 2.97. The van der Waals surface area contributed by atoms with Crippen molar-refractivity contribution >= 4 is 5.97 Å². The highest BCUT2D eigenvalue weighted by Crippen LogP contribution is 2.59. The first-order chi connectivity index (χ1) is 7.79. The molecule has 0 aromatic rings. The SMILES string of the molecule is C=CC(=O)OC1CC(C)C(C)(C)C1(C)CCC. The van der Waals surface area contributed by atoms with Gasteiger partial charge in [-0.25, -0.2) is 4.79 Å². The van der Waals surface area contributed by atoms with Gasteiger partial charge in [0, 0.05) is 11.5 Å². The molecule has 17 heavy (non-hydrogen) atoms. The fourth-order valence-electron chi connectivity index (χ4n) is 3.22. The average molecular weight is 238 g/mol. The van der Waals surface area contributed by atoms with Gasteiger partial charge in [0.2, 0.25) is 0 Å². The highest BCUT2D eigenvalue weighted by Gasteiger charge is 2.56. The predicted octanol–water partition coefficient (Wildman–Crippen LogP) is 3.96. The highest BCUT2D eigenvalue weighted by atomic mass is 16.5. The summed E-state index contributed by atoms with van der Waals surface area (Å²) in [5.74, 6) is 0.281. The number of hydrogen-bond acceptors (Lipinski definition) is 2. The van der Waals surface area contributed by atoms with E-state index in [0.29, 0.717) is 5.92 Å². The van der Waals surface area contributed by atoms with Gasteiger partial charge < -0.3 is 4.74 Å². The topological polar surface area (TPSA) is 26.3 Å². The molecule has 1 aliphatic carbocycles. The summed E-state index contributed by atoms with van der Waals surface area (Å²) >= 11 is 0. The van der Waals surface area contributed by atoms with Crippen molar-refractivity contribution in [3.63, 3.8) is 0 Å². The maximum absolute atomic E-state index is 11.4. The van der Waals surface area contributed by atoms with Crippen LogP contribution in [-0.2, 0) is 9.53 Å². The lowest BCUT2D eigenvalue weighted by Crippen LogP contribution is -2.41. The molecule has 0 N–H and O–H groups in total. The van der Waals surface area contributed by atoms with E-state index in [1.165, 1.54) is 6.08 Å². The first-order valence-corrected chi connectivity index (χ1v) is 6.62. The standard InChI is InChI=1S/C15H26O2/c1-7-9-15(6)12(17-13(16)8-2)10-11(3)14(15,4)5/h8,11-12H,2,7,9-10H2,1,3-6H3. The lowest BCUT2D eigenvalue weighted by Gasteiger charge is -2.43. The summed E-state index contributed by atoms with van der Waals surface area (Å²) in [6, 6.07) is 0. The molecule has 0 aromatic carbocycles. The van der Waals surface area contributed by atoms with Crippen molar-refractivity contribution in [1.29, 1.82) is 0 Å². The molecule has 1 saturated carbocycles. The van der Waals surface area contributed by atoms with Gasteiger partial charge in [-0.15, -0.1) is 0 Å². The van der Waals surface area contributed by atoms with E-state index in [0.717, 1.165) is 19.3 Å². The molecule has 2 nitrogen and oxygen atoms in total. The second-order valence-electron chi connectivity index (χ2n) is 6.16. The Bertz CT molecular complexity index is 306. The van der Waals surface area contributed by atoms with Crippen molar-refractivity contribution in [2.45, 2.75) is 60.0 Å². The van der Waals surface area contributed by atoms with Crippen LogP contribution in [0.2, 0.25) is 0 Å². The normalized spacial score (nSPS) is 35.6. The third kappa shape index (κ3) is 2.27. The third-order valence-corrected chi connectivity index (χ3v) is 5.18.